The molecule has 0 fully saturated rings. The van der Waals surface area contributed by atoms with Crippen molar-refractivity contribution in [1.29, 1.82) is 0 Å². The lowest BCUT2D eigenvalue weighted by Crippen LogP contribution is -2.45. The van der Waals surface area contributed by atoms with Crippen LogP contribution in [0.3, 0.4) is 0 Å². The van der Waals surface area contributed by atoms with Crippen LogP contribution in [-0.2, 0) is 14.3 Å². The van der Waals surface area contributed by atoms with E-state index in [0.717, 1.165) is 12.8 Å². The number of rotatable bonds is 14. The standard InChI is InChI=1S/C19H37NO4/c1-6-7-8-9-10-11-16(2)12-13-19(23)24-17(14-18(21)22)15-20(3,4)5/h16-17H,6-15H2,1-5H3. The van der Waals surface area contributed by atoms with E-state index in [-0.39, 0.29) is 12.4 Å². The Morgan fingerprint density at radius 2 is 1.67 bits per heavy atom. The zero-order chi connectivity index (χ0) is 18.6. The predicted octanol–water partition coefficient (Wildman–Crippen LogP) is 2.52. The van der Waals surface area contributed by atoms with Crippen molar-refractivity contribution in [3.8, 4) is 0 Å². The number of carboxylic acids is 1. The molecule has 0 aromatic carbocycles. The summed E-state index contributed by atoms with van der Waals surface area (Å²) in [5.41, 5.74) is 0. The zero-order valence-electron chi connectivity index (χ0n) is 16.3. The van der Waals surface area contributed by atoms with Gasteiger partial charge in [0.25, 0.3) is 0 Å². The van der Waals surface area contributed by atoms with Gasteiger partial charge in [0.15, 0.2) is 6.10 Å². The first-order chi connectivity index (χ1) is 11.1. The highest BCUT2D eigenvalue weighted by Gasteiger charge is 2.22. The van der Waals surface area contributed by atoms with Gasteiger partial charge in [-0.05, 0) is 12.3 Å². The summed E-state index contributed by atoms with van der Waals surface area (Å²) >= 11 is 0. The van der Waals surface area contributed by atoms with Gasteiger partial charge in [-0.2, -0.15) is 0 Å². The van der Waals surface area contributed by atoms with E-state index in [9.17, 15) is 14.7 Å². The highest BCUT2D eigenvalue weighted by Crippen LogP contribution is 2.17. The first-order valence-corrected chi connectivity index (χ1v) is 9.33. The van der Waals surface area contributed by atoms with Gasteiger partial charge in [-0.3, -0.25) is 4.79 Å². The van der Waals surface area contributed by atoms with Gasteiger partial charge >= 0.3 is 5.97 Å². The molecule has 0 saturated carbocycles. The lowest BCUT2D eigenvalue weighted by atomic mass is 9.98. The number of unbranched alkanes of at least 4 members (excludes halogenated alkanes) is 4. The summed E-state index contributed by atoms with van der Waals surface area (Å²) < 4.78 is 5.91. The van der Waals surface area contributed by atoms with E-state index < -0.39 is 12.1 Å². The Hall–Kier alpha value is -1.10. The van der Waals surface area contributed by atoms with E-state index in [0.29, 0.717) is 23.4 Å². The fraction of sp³-hybridized carbons (Fsp3) is 0.895. The van der Waals surface area contributed by atoms with Gasteiger partial charge in [0.1, 0.15) is 6.54 Å². The summed E-state index contributed by atoms with van der Waals surface area (Å²) in [7, 11) is 5.82. The summed E-state index contributed by atoms with van der Waals surface area (Å²) in [6, 6.07) is 0. The lowest BCUT2D eigenvalue weighted by molar-refractivity contribution is -0.873. The molecule has 24 heavy (non-hydrogen) atoms. The number of carbonyl (C=O) groups excluding carboxylic acids is 2. The smallest absolute Gasteiger partial charge is 0.306 e. The molecular formula is C19H37NO4. The maximum Gasteiger partial charge on any atom is 0.306 e. The first-order valence-electron chi connectivity index (χ1n) is 9.33. The molecule has 0 aromatic rings. The van der Waals surface area contributed by atoms with Crippen LogP contribution in [0, 0.1) is 5.92 Å². The van der Waals surface area contributed by atoms with Crippen LogP contribution in [0.5, 0.6) is 0 Å². The second kappa shape index (κ2) is 12.3. The third-order valence-corrected chi connectivity index (χ3v) is 4.09. The van der Waals surface area contributed by atoms with E-state index in [1.54, 1.807) is 0 Å². The highest BCUT2D eigenvalue weighted by molar-refractivity contribution is 5.70. The number of aliphatic carboxylic acids is 1. The normalized spacial score (nSPS) is 14.2. The van der Waals surface area contributed by atoms with Crippen molar-refractivity contribution >= 4 is 11.9 Å². The van der Waals surface area contributed by atoms with Crippen molar-refractivity contribution in [2.75, 3.05) is 27.7 Å². The van der Waals surface area contributed by atoms with Crippen LogP contribution in [0.2, 0.25) is 0 Å². The molecule has 0 aliphatic carbocycles. The molecule has 0 radical (unpaired) electrons. The Bertz CT molecular complexity index is 363. The Morgan fingerprint density at radius 3 is 2.21 bits per heavy atom. The largest absolute Gasteiger partial charge is 0.550 e. The van der Waals surface area contributed by atoms with Crippen LogP contribution in [0.25, 0.3) is 0 Å². The zero-order valence-corrected chi connectivity index (χ0v) is 16.3. The third-order valence-electron chi connectivity index (χ3n) is 4.09. The van der Waals surface area contributed by atoms with Crippen LogP contribution in [-0.4, -0.2) is 50.2 Å². The monoisotopic (exact) mass is 343 g/mol. The van der Waals surface area contributed by atoms with Crippen molar-refractivity contribution in [3.63, 3.8) is 0 Å². The molecule has 5 nitrogen and oxygen atoms in total. The third kappa shape index (κ3) is 14.5. The van der Waals surface area contributed by atoms with Gasteiger partial charge in [0.05, 0.1) is 21.1 Å². The molecule has 0 N–H and O–H groups in total. The average Bonchev–Trinajstić information content (AvgIpc) is 2.42. The molecule has 142 valence electrons. The number of hydrogen-bond acceptors (Lipinski definition) is 4. The Morgan fingerprint density at radius 1 is 1.04 bits per heavy atom. The van der Waals surface area contributed by atoms with Crippen LogP contribution < -0.4 is 5.11 Å². The van der Waals surface area contributed by atoms with Crippen molar-refractivity contribution in [3.05, 3.63) is 0 Å². The fourth-order valence-electron chi connectivity index (χ4n) is 2.79. The fourth-order valence-corrected chi connectivity index (χ4v) is 2.79. The van der Waals surface area contributed by atoms with Crippen LogP contribution in [0.1, 0.15) is 71.6 Å². The van der Waals surface area contributed by atoms with E-state index in [2.05, 4.69) is 13.8 Å². The number of carboxylic acid groups (broad SMARTS) is 1. The SMILES string of the molecule is CCCCCCCC(C)CCC(=O)OC(CC(=O)[O-])C[N+](C)(C)C. The highest BCUT2D eigenvalue weighted by atomic mass is 16.5. The number of ether oxygens (including phenoxy) is 1. The van der Waals surface area contributed by atoms with Crippen LogP contribution in [0.15, 0.2) is 0 Å². The maximum absolute atomic E-state index is 12.0. The number of likely N-dealkylation sites (N-methyl/N-ethyl adjacent to an activating group) is 1. The molecule has 0 amide bonds. The molecule has 2 atom stereocenters. The summed E-state index contributed by atoms with van der Waals surface area (Å²) in [5.74, 6) is -0.980. The average molecular weight is 344 g/mol. The number of quaternary nitrogens is 1. The molecule has 0 rings (SSSR count). The molecular weight excluding hydrogens is 306 g/mol. The second-order valence-corrected chi connectivity index (χ2v) is 8.01. The molecule has 0 spiro atoms. The van der Waals surface area contributed by atoms with Crippen molar-refractivity contribution in [2.24, 2.45) is 5.92 Å². The molecule has 5 heteroatoms. The molecule has 0 bridgehead atoms. The van der Waals surface area contributed by atoms with Gasteiger partial charge in [0, 0.05) is 18.8 Å². The summed E-state index contributed by atoms with van der Waals surface area (Å²) in [5, 5.41) is 10.8. The van der Waals surface area contributed by atoms with Crippen LogP contribution >= 0.6 is 0 Å². The number of carbonyl (C=O) groups is 2. The van der Waals surface area contributed by atoms with Gasteiger partial charge in [-0.25, -0.2) is 0 Å². The van der Waals surface area contributed by atoms with Gasteiger partial charge in [-0.15, -0.1) is 0 Å². The van der Waals surface area contributed by atoms with Gasteiger partial charge in [0.2, 0.25) is 0 Å². The molecule has 0 saturated heterocycles. The van der Waals surface area contributed by atoms with Crippen molar-refractivity contribution < 1.29 is 23.9 Å². The predicted molar refractivity (Wildman–Crippen MR) is 94.2 cm³/mol. The van der Waals surface area contributed by atoms with Crippen molar-refractivity contribution in [1.82, 2.24) is 0 Å². The molecule has 0 heterocycles. The van der Waals surface area contributed by atoms with E-state index in [1.807, 2.05) is 21.1 Å². The first kappa shape index (κ1) is 22.9. The van der Waals surface area contributed by atoms with Crippen molar-refractivity contribution in [2.45, 2.75) is 77.7 Å². The van der Waals surface area contributed by atoms with E-state index in [1.165, 1.54) is 32.1 Å². The topological polar surface area (TPSA) is 66.4 Å². The molecule has 0 aliphatic heterocycles. The Kier molecular flexibility index (Phi) is 11.7. The summed E-state index contributed by atoms with van der Waals surface area (Å²) in [4.78, 5) is 22.8. The van der Waals surface area contributed by atoms with E-state index in [4.69, 9.17) is 4.74 Å². The minimum absolute atomic E-state index is 0.242. The number of hydrogen-bond donors (Lipinski definition) is 0. The number of nitrogens with zero attached hydrogens (tertiary/aromatic N) is 1. The quantitative estimate of drug-likeness (QED) is 0.276. The summed E-state index contributed by atoms with van der Waals surface area (Å²) in [6.45, 7) is 4.84. The Labute approximate surface area is 148 Å². The van der Waals surface area contributed by atoms with Gasteiger partial charge in [-0.1, -0.05) is 52.4 Å². The van der Waals surface area contributed by atoms with Gasteiger partial charge < -0.3 is 19.1 Å². The summed E-state index contributed by atoms with van der Waals surface area (Å²) in [6.07, 6.45) is 7.76. The minimum atomic E-state index is -1.18. The minimum Gasteiger partial charge on any atom is -0.550 e. The number of esters is 1. The lowest BCUT2D eigenvalue weighted by Gasteiger charge is -2.29. The molecule has 0 aromatic heterocycles. The maximum atomic E-state index is 12.0. The van der Waals surface area contributed by atoms with E-state index >= 15 is 0 Å². The van der Waals surface area contributed by atoms with Crippen LogP contribution in [0.4, 0.5) is 0 Å². The second-order valence-electron chi connectivity index (χ2n) is 8.01. The molecule has 2 unspecified atom stereocenters. The molecule has 0 aliphatic rings. The Balaban J connectivity index is 4.07.